The van der Waals surface area contributed by atoms with E-state index < -0.39 is 0 Å². The molecule has 0 heterocycles. The summed E-state index contributed by atoms with van der Waals surface area (Å²) in [6, 6.07) is 0. The number of unbranched alkanes of at least 4 members (excludes halogenated alkanes) is 3. The molecule has 0 fully saturated rings. The summed E-state index contributed by atoms with van der Waals surface area (Å²) in [7, 11) is 0. The minimum atomic E-state index is 0. The number of hydrogen-bond donors (Lipinski definition) is 0. The molecule has 3 heteroatoms. The Kier molecular flexibility index (Phi) is 39.6. The van der Waals surface area contributed by atoms with Crippen molar-refractivity contribution in [1.29, 1.82) is 0 Å². The molecule has 0 aromatic rings. The molecule has 0 rings (SSSR count). The molecule has 0 saturated heterocycles. The van der Waals surface area contributed by atoms with E-state index in [2.05, 4.69) is 85.4 Å². The number of terminal acetylenes is 1. The van der Waals surface area contributed by atoms with Gasteiger partial charge in [-0.25, -0.2) is 0 Å². The normalized spacial score (nSPS) is 11.3. The zero-order valence-electron chi connectivity index (χ0n) is 17.8. The predicted octanol–water partition coefficient (Wildman–Crippen LogP) is 6.29. The van der Waals surface area contributed by atoms with Crippen LogP contribution >= 0.6 is 31.9 Å². The Labute approximate surface area is 189 Å². The molecule has 0 aliphatic heterocycles. The third-order valence-corrected chi connectivity index (χ3v) is 4.33. The molecule has 0 nitrogen and oxygen atoms in total. The van der Waals surface area contributed by atoms with Crippen molar-refractivity contribution < 1.29 is 18.9 Å². The van der Waals surface area contributed by atoms with Gasteiger partial charge in [-0.3, -0.25) is 0 Å². The van der Waals surface area contributed by atoms with Crippen molar-refractivity contribution in [2.75, 3.05) is 0 Å². The summed E-state index contributed by atoms with van der Waals surface area (Å²) in [5, 5.41) is 0. The molecule has 0 aromatic carbocycles. The van der Waals surface area contributed by atoms with E-state index in [0.717, 1.165) is 22.2 Å². The maximum atomic E-state index is 5.27. The van der Waals surface area contributed by atoms with E-state index in [1.165, 1.54) is 51.4 Å². The van der Waals surface area contributed by atoms with Gasteiger partial charge in [-0.05, 0) is 63.5 Å². The van der Waals surface area contributed by atoms with E-state index in [-0.39, 0.29) is 18.9 Å². The minimum absolute atomic E-state index is 0. The van der Waals surface area contributed by atoms with E-state index in [1.807, 2.05) is 0 Å². The van der Waals surface area contributed by atoms with Crippen LogP contribution in [0.2, 0.25) is 0 Å². The molecule has 2 atom stereocenters. The van der Waals surface area contributed by atoms with E-state index in [4.69, 9.17) is 6.42 Å². The molecule has 0 bridgehead atoms. The van der Waals surface area contributed by atoms with Crippen LogP contribution in [0.25, 0.3) is 0 Å². The molecule has 0 amide bonds. The molecule has 144 valence electrons. The summed E-state index contributed by atoms with van der Waals surface area (Å²) >= 11 is 6.77. The van der Waals surface area contributed by atoms with Crippen molar-refractivity contribution in [3.05, 3.63) is 16.4 Å². The second-order valence-electron chi connectivity index (χ2n) is 6.03. The average Bonchev–Trinajstić information content (AvgIpc) is 2.60. The Morgan fingerprint density at radius 1 is 0.960 bits per heavy atom. The van der Waals surface area contributed by atoms with Crippen LogP contribution in [0.1, 0.15) is 98.8 Å². The summed E-state index contributed by atoms with van der Waals surface area (Å²) in [5.74, 6) is 4.06. The van der Waals surface area contributed by atoms with Crippen LogP contribution in [0.15, 0.2) is 9.47 Å². The SMILES string of the molecule is C#CC(CC)CCCC.CCCCC(C=C(Br)Br)CC.[CH2-]CCC.[Li+]. The topological polar surface area (TPSA) is 0 Å². The first kappa shape index (κ1) is 33.4. The third-order valence-electron chi connectivity index (χ3n) is 3.80. The summed E-state index contributed by atoms with van der Waals surface area (Å²) in [4.78, 5) is 0. The average molecular weight is 472 g/mol. The van der Waals surface area contributed by atoms with Crippen molar-refractivity contribution >= 4 is 31.9 Å². The van der Waals surface area contributed by atoms with E-state index in [9.17, 15) is 0 Å². The second kappa shape index (κ2) is 29.6. The standard InChI is InChI=1S/C9H16Br2.C9H16.C4H9.Li/c1-3-5-6-8(4-2)7-9(10)11;1-4-7-8-9(5-2)6-3;1-3-4-2;/h7-8H,3-6H2,1-2H3;2,9H,4,6-8H2,1,3H3;1,3-4H2,2H3;/q;;-1;+1. The molecule has 0 radical (unpaired) electrons. The molecule has 0 saturated carbocycles. The predicted molar refractivity (Wildman–Crippen MR) is 122 cm³/mol. The van der Waals surface area contributed by atoms with Gasteiger partial charge in [0.15, 0.2) is 0 Å². The van der Waals surface area contributed by atoms with Crippen LogP contribution in [0.3, 0.4) is 0 Å². The fourth-order valence-electron chi connectivity index (χ4n) is 1.91. The van der Waals surface area contributed by atoms with Crippen LogP contribution < -0.4 is 18.9 Å². The number of rotatable bonds is 10. The van der Waals surface area contributed by atoms with Crippen LogP contribution in [-0.4, -0.2) is 0 Å². The van der Waals surface area contributed by atoms with Gasteiger partial charge < -0.3 is 6.92 Å². The zero-order valence-corrected chi connectivity index (χ0v) is 21.0. The fourth-order valence-corrected chi connectivity index (χ4v) is 2.65. The maximum absolute atomic E-state index is 5.27. The van der Waals surface area contributed by atoms with Gasteiger partial charge in [0.2, 0.25) is 0 Å². The van der Waals surface area contributed by atoms with E-state index in [0.29, 0.717) is 5.92 Å². The molecule has 0 aromatic heterocycles. The largest absolute Gasteiger partial charge is 1.00 e. The van der Waals surface area contributed by atoms with Gasteiger partial charge in [0.1, 0.15) is 0 Å². The molecule has 0 N–H and O–H groups in total. The van der Waals surface area contributed by atoms with Crippen molar-refractivity contribution in [2.45, 2.75) is 98.8 Å². The first-order valence-corrected chi connectivity index (χ1v) is 11.3. The van der Waals surface area contributed by atoms with Gasteiger partial charge in [-0.2, -0.15) is 6.42 Å². The number of halogens is 2. The van der Waals surface area contributed by atoms with E-state index in [1.54, 1.807) is 0 Å². The molecule has 0 spiro atoms. The zero-order chi connectivity index (χ0) is 19.2. The number of allylic oxidation sites excluding steroid dienone is 1. The minimum Gasteiger partial charge on any atom is -0.343 e. The van der Waals surface area contributed by atoms with E-state index >= 15 is 0 Å². The van der Waals surface area contributed by atoms with Crippen LogP contribution in [0.5, 0.6) is 0 Å². The van der Waals surface area contributed by atoms with Crippen LogP contribution in [-0.2, 0) is 0 Å². The van der Waals surface area contributed by atoms with Crippen molar-refractivity contribution in [1.82, 2.24) is 0 Å². The molecular formula is C22H41Br2Li. The Hall–Kier alpha value is 0.857. The summed E-state index contributed by atoms with van der Waals surface area (Å²) < 4.78 is 1.09. The van der Waals surface area contributed by atoms with Crippen molar-refractivity contribution in [3.63, 3.8) is 0 Å². The Balaban J connectivity index is -0.000000142. The summed E-state index contributed by atoms with van der Waals surface area (Å²) in [6.45, 7) is 14.5. The smallest absolute Gasteiger partial charge is 0.343 e. The van der Waals surface area contributed by atoms with Crippen LogP contribution in [0, 0.1) is 31.1 Å². The Morgan fingerprint density at radius 3 is 1.72 bits per heavy atom. The molecule has 0 aliphatic rings. The summed E-state index contributed by atoms with van der Waals surface area (Å²) in [6.07, 6.45) is 19.9. The third kappa shape index (κ3) is 32.9. The summed E-state index contributed by atoms with van der Waals surface area (Å²) in [5.41, 5.74) is 0. The van der Waals surface area contributed by atoms with Crippen LogP contribution in [0.4, 0.5) is 0 Å². The molecule has 2 unspecified atom stereocenters. The quantitative estimate of drug-likeness (QED) is 0.199. The monoisotopic (exact) mass is 470 g/mol. The second-order valence-corrected chi connectivity index (χ2v) is 8.81. The first-order valence-electron chi connectivity index (χ1n) is 9.75. The molecule has 25 heavy (non-hydrogen) atoms. The van der Waals surface area contributed by atoms with Gasteiger partial charge in [-0.15, -0.1) is 12.3 Å². The van der Waals surface area contributed by atoms with Gasteiger partial charge in [0.05, 0.1) is 3.39 Å². The van der Waals surface area contributed by atoms with Gasteiger partial charge in [0.25, 0.3) is 0 Å². The Bertz CT molecular complexity index is 289. The fraction of sp³-hybridized carbons (Fsp3) is 0.773. The number of hydrogen-bond acceptors (Lipinski definition) is 0. The van der Waals surface area contributed by atoms with Gasteiger partial charge >= 0.3 is 18.9 Å². The Morgan fingerprint density at radius 2 is 1.44 bits per heavy atom. The van der Waals surface area contributed by atoms with Crippen molar-refractivity contribution in [3.8, 4) is 12.3 Å². The molecule has 0 aliphatic carbocycles. The van der Waals surface area contributed by atoms with Gasteiger partial charge in [0, 0.05) is 5.92 Å². The van der Waals surface area contributed by atoms with Crippen molar-refractivity contribution in [2.24, 2.45) is 11.8 Å². The molecular weight excluding hydrogens is 431 g/mol. The van der Waals surface area contributed by atoms with Gasteiger partial charge in [-0.1, -0.05) is 72.8 Å². The maximum Gasteiger partial charge on any atom is 1.00 e. The first-order chi connectivity index (χ1) is 11.5.